The number of urea groups is 1. The fourth-order valence-electron chi connectivity index (χ4n) is 2.73. The van der Waals surface area contributed by atoms with E-state index in [1.807, 2.05) is 69.6 Å². The van der Waals surface area contributed by atoms with E-state index in [2.05, 4.69) is 20.5 Å². The fraction of sp³-hybridized carbons (Fsp3) is 0.263. The van der Waals surface area contributed by atoms with Crippen LogP contribution in [-0.2, 0) is 0 Å². The van der Waals surface area contributed by atoms with Crippen LogP contribution in [0.15, 0.2) is 48.5 Å². The van der Waals surface area contributed by atoms with Crippen LogP contribution in [0.1, 0.15) is 16.6 Å². The van der Waals surface area contributed by atoms with Crippen LogP contribution >= 0.6 is 11.3 Å². The first-order valence-electron chi connectivity index (χ1n) is 8.15. The van der Waals surface area contributed by atoms with E-state index in [0.717, 1.165) is 33.0 Å². The molecule has 25 heavy (non-hydrogen) atoms. The lowest BCUT2D eigenvalue weighted by Gasteiger charge is -2.23. The van der Waals surface area contributed by atoms with Gasteiger partial charge in [0.15, 0.2) is 0 Å². The summed E-state index contributed by atoms with van der Waals surface area (Å²) in [5.41, 5.74) is 2.81. The molecule has 0 aliphatic rings. The van der Waals surface area contributed by atoms with Crippen molar-refractivity contribution in [3.05, 3.63) is 59.1 Å². The van der Waals surface area contributed by atoms with E-state index in [9.17, 15) is 4.79 Å². The van der Waals surface area contributed by atoms with Crippen LogP contribution in [0, 0.1) is 6.92 Å². The standard InChI is InChI=1S/C19H22N4OS/c1-13-20-16-10-9-15(11-18(16)25-13)21-19(24)22-17(12-23(2)3)14-7-5-4-6-8-14/h4-11,17H,12H2,1-3H3,(H2,21,22,24). The van der Waals surface area contributed by atoms with Gasteiger partial charge in [-0.05, 0) is 44.8 Å². The van der Waals surface area contributed by atoms with Crippen molar-refractivity contribution in [1.29, 1.82) is 0 Å². The Hall–Kier alpha value is -2.44. The highest BCUT2D eigenvalue weighted by Crippen LogP contribution is 2.24. The summed E-state index contributed by atoms with van der Waals surface area (Å²) in [5, 5.41) is 7.01. The quantitative estimate of drug-likeness (QED) is 0.727. The van der Waals surface area contributed by atoms with Crippen molar-refractivity contribution in [1.82, 2.24) is 15.2 Å². The fourth-order valence-corrected chi connectivity index (χ4v) is 3.59. The number of anilines is 1. The van der Waals surface area contributed by atoms with E-state index in [-0.39, 0.29) is 12.1 Å². The molecule has 1 atom stereocenters. The van der Waals surface area contributed by atoms with E-state index < -0.39 is 0 Å². The normalized spacial score (nSPS) is 12.3. The molecule has 6 heteroatoms. The van der Waals surface area contributed by atoms with Crippen LogP contribution in [0.25, 0.3) is 10.2 Å². The van der Waals surface area contributed by atoms with Gasteiger partial charge >= 0.3 is 6.03 Å². The van der Waals surface area contributed by atoms with Gasteiger partial charge in [0, 0.05) is 12.2 Å². The van der Waals surface area contributed by atoms with Crippen molar-refractivity contribution in [3.63, 3.8) is 0 Å². The Bertz CT molecular complexity index is 860. The van der Waals surface area contributed by atoms with Crippen molar-refractivity contribution in [2.75, 3.05) is 26.0 Å². The van der Waals surface area contributed by atoms with Gasteiger partial charge in [0.05, 0.1) is 21.3 Å². The highest BCUT2D eigenvalue weighted by molar-refractivity contribution is 7.18. The number of benzene rings is 2. The lowest BCUT2D eigenvalue weighted by molar-refractivity contribution is 0.244. The molecule has 3 aromatic rings. The van der Waals surface area contributed by atoms with Crippen molar-refractivity contribution in [2.24, 2.45) is 0 Å². The second kappa shape index (κ2) is 7.63. The molecule has 1 unspecified atom stereocenters. The number of likely N-dealkylation sites (N-methyl/N-ethyl adjacent to an activating group) is 1. The number of aromatic nitrogens is 1. The van der Waals surface area contributed by atoms with Gasteiger partial charge in [0.2, 0.25) is 0 Å². The molecular formula is C19H22N4OS. The van der Waals surface area contributed by atoms with Gasteiger partial charge in [0.25, 0.3) is 0 Å². The average Bonchev–Trinajstić information content (AvgIpc) is 2.94. The minimum Gasteiger partial charge on any atom is -0.330 e. The van der Waals surface area contributed by atoms with E-state index in [0.29, 0.717) is 0 Å². The molecule has 1 aromatic heterocycles. The number of nitrogens with zero attached hydrogens (tertiary/aromatic N) is 2. The summed E-state index contributed by atoms with van der Waals surface area (Å²) in [5.74, 6) is 0. The molecule has 0 radical (unpaired) electrons. The van der Waals surface area contributed by atoms with E-state index in [4.69, 9.17) is 0 Å². The molecule has 3 rings (SSSR count). The number of amides is 2. The zero-order valence-corrected chi connectivity index (χ0v) is 15.4. The molecular weight excluding hydrogens is 332 g/mol. The van der Waals surface area contributed by atoms with Gasteiger partial charge in [-0.3, -0.25) is 0 Å². The summed E-state index contributed by atoms with van der Waals surface area (Å²) in [6.45, 7) is 2.71. The molecule has 0 aliphatic heterocycles. The molecule has 2 amide bonds. The molecule has 1 heterocycles. The highest BCUT2D eigenvalue weighted by atomic mass is 32.1. The second-order valence-electron chi connectivity index (χ2n) is 6.24. The van der Waals surface area contributed by atoms with E-state index in [1.165, 1.54) is 0 Å². The number of hydrogen-bond acceptors (Lipinski definition) is 4. The topological polar surface area (TPSA) is 57.3 Å². The Balaban J connectivity index is 1.71. The Labute approximate surface area is 151 Å². The summed E-state index contributed by atoms with van der Waals surface area (Å²) in [4.78, 5) is 19.0. The number of fused-ring (bicyclic) bond motifs is 1. The molecule has 0 aliphatic carbocycles. The molecule has 2 aromatic carbocycles. The van der Waals surface area contributed by atoms with Crippen LogP contribution < -0.4 is 10.6 Å². The molecule has 0 bridgehead atoms. The first-order chi connectivity index (χ1) is 12.0. The average molecular weight is 354 g/mol. The molecule has 0 fully saturated rings. The lowest BCUT2D eigenvalue weighted by atomic mass is 10.1. The van der Waals surface area contributed by atoms with Crippen molar-refractivity contribution < 1.29 is 4.79 Å². The summed E-state index contributed by atoms with van der Waals surface area (Å²) in [7, 11) is 3.99. The predicted molar refractivity (Wildman–Crippen MR) is 104 cm³/mol. The number of nitrogens with one attached hydrogen (secondary N) is 2. The van der Waals surface area contributed by atoms with Gasteiger partial charge < -0.3 is 15.5 Å². The third-order valence-corrected chi connectivity index (χ3v) is 4.74. The van der Waals surface area contributed by atoms with Gasteiger partial charge in [-0.15, -0.1) is 11.3 Å². The van der Waals surface area contributed by atoms with E-state index in [1.54, 1.807) is 11.3 Å². The van der Waals surface area contributed by atoms with Crippen LogP contribution in [0.2, 0.25) is 0 Å². The Morgan fingerprint density at radius 2 is 1.96 bits per heavy atom. The van der Waals surface area contributed by atoms with Gasteiger partial charge in [-0.2, -0.15) is 0 Å². The maximum Gasteiger partial charge on any atom is 0.319 e. The van der Waals surface area contributed by atoms with Crippen LogP contribution in [0.4, 0.5) is 10.5 Å². The molecule has 0 spiro atoms. The second-order valence-corrected chi connectivity index (χ2v) is 7.47. The van der Waals surface area contributed by atoms with Crippen molar-refractivity contribution >= 4 is 33.3 Å². The summed E-state index contributed by atoms with van der Waals surface area (Å²) in [6, 6.07) is 15.5. The smallest absolute Gasteiger partial charge is 0.319 e. The maximum atomic E-state index is 12.5. The van der Waals surface area contributed by atoms with Crippen LogP contribution in [0.5, 0.6) is 0 Å². The largest absolute Gasteiger partial charge is 0.330 e. The minimum absolute atomic E-state index is 0.0782. The number of carbonyl (C=O) groups excluding carboxylic acids is 1. The Morgan fingerprint density at radius 3 is 2.68 bits per heavy atom. The minimum atomic E-state index is -0.212. The number of thiazole rings is 1. The number of aryl methyl sites for hydroxylation is 1. The summed E-state index contributed by atoms with van der Waals surface area (Å²) < 4.78 is 1.07. The van der Waals surface area contributed by atoms with Gasteiger partial charge in [-0.1, -0.05) is 30.3 Å². The first-order valence-corrected chi connectivity index (χ1v) is 8.97. The zero-order chi connectivity index (χ0) is 17.8. The highest BCUT2D eigenvalue weighted by Gasteiger charge is 2.15. The summed E-state index contributed by atoms with van der Waals surface area (Å²) >= 11 is 1.62. The maximum absolute atomic E-state index is 12.5. The molecule has 0 saturated heterocycles. The summed E-state index contributed by atoms with van der Waals surface area (Å²) in [6.07, 6.45) is 0. The predicted octanol–water partition coefficient (Wildman–Crippen LogP) is 4.03. The SMILES string of the molecule is Cc1nc2ccc(NC(=O)NC(CN(C)C)c3ccccc3)cc2s1. The molecule has 130 valence electrons. The first kappa shape index (κ1) is 17.4. The van der Waals surface area contributed by atoms with Crippen LogP contribution in [0.3, 0.4) is 0 Å². The number of rotatable bonds is 5. The number of carbonyl (C=O) groups is 1. The van der Waals surface area contributed by atoms with Crippen molar-refractivity contribution in [2.45, 2.75) is 13.0 Å². The van der Waals surface area contributed by atoms with Crippen LogP contribution in [-0.4, -0.2) is 36.6 Å². The van der Waals surface area contributed by atoms with E-state index >= 15 is 0 Å². The van der Waals surface area contributed by atoms with Crippen molar-refractivity contribution in [3.8, 4) is 0 Å². The Kier molecular flexibility index (Phi) is 5.31. The monoisotopic (exact) mass is 354 g/mol. The van der Waals surface area contributed by atoms with Gasteiger partial charge in [0.1, 0.15) is 0 Å². The molecule has 2 N–H and O–H groups in total. The number of hydrogen-bond donors (Lipinski definition) is 2. The molecule has 0 saturated carbocycles. The zero-order valence-electron chi connectivity index (χ0n) is 14.6. The van der Waals surface area contributed by atoms with Gasteiger partial charge in [-0.25, -0.2) is 9.78 Å². The lowest BCUT2D eigenvalue weighted by Crippen LogP contribution is -2.37. The third kappa shape index (κ3) is 4.55. The Morgan fingerprint density at radius 1 is 1.20 bits per heavy atom. The third-order valence-electron chi connectivity index (χ3n) is 3.81. The molecule has 5 nitrogen and oxygen atoms in total.